The third-order valence-electron chi connectivity index (χ3n) is 1.52. The minimum absolute atomic E-state index is 0.296. The van der Waals surface area contributed by atoms with Crippen molar-refractivity contribution in [2.75, 3.05) is 19.0 Å². The molecular formula is C8H15N3O. The summed E-state index contributed by atoms with van der Waals surface area (Å²) in [6.07, 6.45) is 1.90. The summed E-state index contributed by atoms with van der Waals surface area (Å²) in [7, 11) is 3.59. The minimum atomic E-state index is 0.296. The summed E-state index contributed by atoms with van der Waals surface area (Å²) in [5, 5.41) is 7.39. The molecule has 0 fully saturated rings. The van der Waals surface area contributed by atoms with Crippen molar-refractivity contribution in [3.63, 3.8) is 0 Å². The van der Waals surface area contributed by atoms with Gasteiger partial charge in [0.05, 0.1) is 6.61 Å². The molecule has 0 spiro atoms. The maximum Gasteiger partial charge on any atom is 0.148 e. The standard InChI is InChI=1S/C8H15N3O/c1-7(6-12-3)9-8-4-5-11(2)10-8/h4-5,7H,6H2,1-3H3,(H,9,10). The number of aromatic nitrogens is 2. The van der Waals surface area contributed by atoms with Gasteiger partial charge in [-0.25, -0.2) is 0 Å². The van der Waals surface area contributed by atoms with E-state index >= 15 is 0 Å². The Hall–Kier alpha value is -1.03. The van der Waals surface area contributed by atoms with E-state index < -0.39 is 0 Å². The second kappa shape index (κ2) is 4.11. The molecule has 0 bridgehead atoms. The van der Waals surface area contributed by atoms with Gasteiger partial charge >= 0.3 is 0 Å². The van der Waals surface area contributed by atoms with E-state index in [2.05, 4.69) is 17.3 Å². The van der Waals surface area contributed by atoms with Crippen LogP contribution in [0.2, 0.25) is 0 Å². The molecule has 68 valence electrons. The van der Waals surface area contributed by atoms with E-state index in [4.69, 9.17) is 4.74 Å². The average molecular weight is 169 g/mol. The van der Waals surface area contributed by atoms with Crippen LogP contribution in [0.3, 0.4) is 0 Å². The Balaban J connectivity index is 2.41. The fourth-order valence-corrected chi connectivity index (χ4v) is 1.04. The summed E-state index contributed by atoms with van der Waals surface area (Å²) in [4.78, 5) is 0. The van der Waals surface area contributed by atoms with Crippen LogP contribution in [0, 0.1) is 0 Å². The van der Waals surface area contributed by atoms with Crippen LogP contribution in [0.4, 0.5) is 5.82 Å². The molecule has 1 heterocycles. The molecule has 0 radical (unpaired) electrons. The van der Waals surface area contributed by atoms with Crippen LogP contribution in [0.5, 0.6) is 0 Å². The van der Waals surface area contributed by atoms with Gasteiger partial charge in [0.15, 0.2) is 0 Å². The molecule has 4 heteroatoms. The normalized spacial score (nSPS) is 12.9. The summed E-state index contributed by atoms with van der Waals surface area (Å²) in [5.41, 5.74) is 0. The predicted octanol–water partition coefficient (Wildman–Crippen LogP) is 0.867. The van der Waals surface area contributed by atoms with Gasteiger partial charge in [-0.15, -0.1) is 0 Å². The summed E-state index contributed by atoms with van der Waals surface area (Å²) < 4.78 is 6.75. The smallest absolute Gasteiger partial charge is 0.148 e. The Bertz CT molecular complexity index is 234. The third kappa shape index (κ3) is 2.54. The maximum absolute atomic E-state index is 4.99. The van der Waals surface area contributed by atoms with Crippen molar-refractivity contribution in [2.24, 2.45) is 7.05 Å². The zero-order valence-electron chi connectivity index (χ0n) is 7.74. The number of nitrogens with zero attached hydrogens (tertiary/aromatic N) is 2. The van der Waals surface area contributed by atoms with E-state index in [-0.39, 0.29) is 0 Å². The molecule has 0 amide bonds. The maximum atomic E-state index is 4.99. The molecule has 0 saturated heterocycles. The molecule has 0 aliphatic carbocycles. The molecule has 1 aromatic rings. The van der Waals surface area contributed by atoms with Gasteiger partial charge in [-0.3, -0.25) is 4.68 Å². The predicted molar refractivity (Wildman–Crippen MR) is 48.2 cm³/mol. The van der Waals surface area contributed by atoms with Gasteiger partial charge in [-0.1, -0.05) is 0 Å². The average Bonchev–Trinajstić information content (AvgIpc) is 2.36. The Morgan fingerprint density at radius 2 is 2.50 bits per heavy atom. The van der Waals surface area contributed by atoms with Crippen LogP contribution in [-0.2, 0) is 11.8 Å². The van der Waals surface area contributed by atoms with Crippen molar-refractivity contribution in [3.05, 3.63) is 12.3 Å². The van der Waals surface area contributed by atoms with Crippen molar-refractivity contribution >= 4 is 5.82 Å². The van der Waals surface area contributed by atoms with Crippen LogP contribution >= 0.6 is 0 Å². The molecular weight excluding hydrogens is 154 g/mol. The number of nitrogens with one attached hydrogen (secondary N) is 1. The highest BCUT2D eigenvalue weighted by Crippen LogP contribution is 2.02. The van der Waals surface area contributed by atoms with Crippen LogP contribution in [0.25, 0.3) is 0 Å². The van der Waals surface area contributed by atoms with Crippen molar-refractivity contribution in [1.82, 2.24) is 9.78 Å². The van der Waals surface area contributed by atoms with Gasteiger partial charge in [0.2, 0.25) is 0 Å². The van der Waals surface area contributed by atoms with Gasteiger partial charge in [0, 0.05) is 32.5 Å². The van der Waals surface area contributed by atoms with E-state index in [1.54, 1.807) is 11.8 Å². The number of aryl methyl sites for hydroxylation is 1. The second-order valence-corrected chi connectivity index (χ2v) is 2.88. The first-order valence-electron chi connectivity index (χ1n) is 3.97. The molecule has 0 aliphatic rings. The monoisotopic (exact) mass is 169 g/mol. The lowest BCUT2D eigenvalue weighted by atomic mass is 10.3. The molecule has 1 unspecified atom stereocenters. The lowest BCUT2D eigenvalue weighted by Crippen LogP contribution is -2.21. The SMILES string of the molecule is COCC(C)Nc1ccn(C)n1. The summed E-state index contributed by atoms with van der Waals surface area (Å²) in [6.45, 7) is 2.74. The van der Waals surface area contributed by atoms with E-state index in [0.717, 1.165) is 5.82 Å². The van der Waals surface area contributed by atoms with Gasteiger partial charge in [0.25, 0.3) is 0 Å². The second-order valence-electron chi connectivity index (χ2n) is 2.88. The van der Waals surface area contributed by atoms with E-state index in [0.29, 0.717) is 12.6 Å². The topological polar surface area (TPSA) is 39.1 Å². The van der Waals surface area contributed by atoms with Gasteiger partial charge in [0.1, 0.15) is 5.82 Å². The highest BCUT2D eigenvalue weighted by molar-refractivity contribution is 5.33. The van der Waals surface area contributed by atoms with Crippen LogP contribution in [0.1, 0.15) is 6.92 Å². The zero-order chi connectivity index (χ0) is 8.97. The summed E-state index contributed by atoms with van der Waals surface area (Å²) >= 11 is 0. The molecule has 0 saturated carbocycles. The zero-order valence-corrected chi connectivity index (χ0v) is 7.74. The quantitative estimate of drug-likeness (QED) is 0.726. The number of methoxy groups -OCH3 is 1. The largest absolute Gasteiger partial charge is 0.383 e. The molecule has 1 aromatic heterocycles. The molecule has 0 aromatic carbocycles. The molecule has 1 atom stereocenters. The molecule has 12 heavy (non-hydrogen) atoms. The number of anilines is 1. The number of hydrogen-bond acceptors (Lipinski definition) is 3. The first kappa shape index (κ1) is 9.06. The lowest BCUT2D eigenvalue weighted by Gasteiger charge is -2.10. The number of hydrogen-bond donors (Lipinski definition) is 1. The molecule has 1 N–H and O–H groups in total. The van der Waals surface area contributed by atoms with E-state index in [9.17, 15) is 0 Å². The van der Waals surface area contributed by atoms with Crippen molar-refractivity contribution in [2.45, 2.75) is 13.0 Å². The molecule has 0 aliphatic heterocycles. The van der Waals surface area contributed by atoms with Gasteiger partial charge in [-0.05, 0) is 6.92 Å². The number of rotatable bonds is 4. The fourth-order valence-electron chi connectivity index (χ4n) is 1.04. The van der Waals surface area contributed by atoms with E-state index in [1.807, 2.05) is 19.3 Å². The molecule has 1 rings (SSSR count). The summed E-state index contributed by atoms with van der Waals surface area (Å²) in [6, 6.07) is 2.23. The van der Waals surface area contributed by atoms with Crippen molar-refractivity contribution in [1.29, 1.82) is 0 Å². The highest BCUT2D eigenvalue weighted by Gasteiger charge is 2.01. The number of ether oxygens (including phenoxy) is 1. The third-order valence-corrected chi connectivity index (χ3v) is 1.52. The fraction of sp³-hybridized carbons (Fsp3) is 0.625. The highest BCUT2D eigenvalue weighted by atomic mass is 16.5. The van der Waals surface area contributed by atoms with E-state index in [1.165, 1.54) is 0 Å². The van der Waals surface area contributed by atoms with Crippen molar-refractivity contribution < 1.29 is 4.74 Å². The Morgan fingerprint density at radius 1 is 1.75 bits per heavy atom. The van der Waals surface area contributed by atoms with Crippen molar-refractivity contribution in [3.8, 4) is 0 Å². The minimum Gasteiger partial charge on any atom is -0.383 e. The Labute approximate surface area is 72.5 Å². The van der Waals surface area contributed by atoms with Crippen LogP contribution < -0.4 is 5.32 Å². The lowest BCUT2D eigenvalue weighted by molar-refractivity contribution is 0.190. The van der Waals surface area contributed by atoms with Crippen LogP contribution in [0.15, 0.2) is 12.3 Å². The first-order valence-corrected chi connectivity index (χ1v) is 3.97. The van der Waals surface area contributed by atoms with Gasteiger partial charge < -0.3 is 10.1 Å². The van der Waals surface area contributed by atoms with Crippen LogP contribution in [-0.4, -0.2) is 29.5 Å². The first-order chi connectivity index (χ1) is 5.72. The Morgan fingerprint density at radius 3 is 3.00 bits per heavy atom. The summed E-state index contributed by atoms with van der Waals surface area (Å²) in [5.74, 6) is 0.891. The Kier molecular flexibility index (Phi) is 3.10. The molecule has 4 nitrogen and oxygen atoms in total. The van der Waals surface area contributed by atoms with Gasteiger partial charge in [-0.2, -0.15) is 5.10 Å².